The minimum Gasteiger partial charge on any atom is -0.493 e. The molecule has 0 spiro atoms. The van der Waals surface area contributed by atoms with Crippen LogP contribution in [0.5, 0.6) is 11.5 Å². The first-order chi connectivity index (χ1) is 14.9. The Balaban J connectivity index is 1.83. The Morgan fingerprint density at radius 3 is 2.55 bits per heavy atom. The molecule has 2 aromatic carbocycles. The van der Waals surface area contributed by atoms with Crippen molar-refractivity contribution in [3.8, 4) is 11.5 Å². The molecule has 8 heteroatoms. The fourth-order valence-electron chi connectivity index (χ4n) is 4.01. The predicted molar refractivity (Wildman–Crippen MR) is 119 cm³/mol. The lowest BCUT2D eigenvalue weighted by Gasteiger charge is -2.39. The quantitative estimate of drug-likeness (QED) is 0.652. The maximum atomic E-state index is 13.5. The van der Waals surface area contributed by atoms with Gasteiger partial charge in [-0.05, 0) is 36.2 Å². The van der Waals surface area contributed by atoms with Crippen LogP contribution >= 0.6 is 11.3 Å². The van der Waals surface area contributed by atoms with Crippen LogP contribution in [0.15, 0.2) is 48.7 Å². The number of anilines is 1. The van der Waals surface area contributed by atoms with Gasteiger partial charge in [0.25, 0.3) is 5.91 Å². The van der Waals surface area contributed by atoms with Crippen LogP contribution in [0.25, 0.3) is 0 Å². The highest BCUT2D eigenvalue weighted by Gasteiger charge is 2.43. The van der Waals surface area contributed by atoms with Gasteiger partial charge in [0, 0.05) is 23.7 Å². The number of hydrogen-bond acceptors (Lipinski definition) is 6. The average Bonchev–Trinajstić information content (AvgIpc) is 3.19. The van der Waals surface area contributed by atoms with Crippen LogP contribution in [-0.4, -0.2) is 43.0 Å². The fraction of sp³-hybridized carbons (Fsp3) is 0.261. The van der Waals surface area contributed by atoms with Gasteiger partial charge in [-0.3, -0.25) is 9.59 Å². The van der Waals surface area contributed by atoms with Gasteiger partial charge in [0.15, 0.2) is 16.6 Å². The topological polar surface area (TPSA) is 80.8 Å². The number of nitrogens with one attached hydrogen (secondary N) is 1. The number of rotatable bonds is 5. The molecule has 7 nitrogen and oxygen atoms in total. The third kappa shape index (κ3) is 3.74. The van der Waals surface area contributed by atoms with Crippen molar-refractivity contribution in [1.82, 2.24) is 9.88 Å². The maximum Gasteiger partial charge on any atom is 0.254 e. The molecule has 1 aliphatic heterocycles. The summed E-state index contributed by atoms with van der Waals surface area (Å²) in [6.45, 7) is 1.93. The Morgan fingerprint density at radius 2 is 1.87 bits per heavy atom. The van der Waals surface area contributed by atoms with Gasteiger partial charge in [-0.1, -0.05) is 24.3 Å². The van der Waals surface area contributed by atoms with Crippen LogP contribution in [0.4, 0.5) is 5.13 Å². The normalized spacial score (nSPS) is 17.8. The molecule has 31 heavy (non-hydrogen) atoms. The lowest BCUT2D eigenvalue weighted by Crippen LogP contribution is -2.44. The molecule has 0 saturated heterocycles. The molecule has 2 amide bonds. The van der Waals surface area contributed by atoms with Gasteiger partial charge in [0.05, 0.1) is 26.2 Å². The van der Waals surface area contributed by atoms with E-state index in [1.807, 2.05) is 31.2 Å². The lowest BCUT2D eigenvalue weighted by molar-refractivity contribution is -0.119. The Bertz CT molecular complexity index is 1140. The Morgan fingerprint density at radius 1 is 1.13 bits per heavy atom. The largest absolute Gasteiger partial charge is 0.493 e. The van der Waals surface area contributed by atoms with Crippen molar-refractivity contribution in [3.05, 3.63) is 70.2 Å². The molecule has 0 radical (unpaired) electrons. The number of likely N-dealkylation sites (N-methyl/N-ethyl adjacent to an activating group) is 1. The Kier molecular flexibility index (Phi) is 5.65. The molecular weight excluding hydrogens is 414 g/mol. The third-order valence-electron chi connectivity index (χ3n) is 5.46. The number of ether oxygens (including phenoxy) is 2. The third-order valence-corrected chi connectivity index (χ3v) is 6.29. The van der Waals surface area contributed by atoms with E-state index in [0.717, 1.165) is 10.4 Å². The number of aryl methyl sites for hydroxylation is 1. The van der Waals surface area contributed by atoms with Gasteiger partial charge in [-0.2, -0.15) is 0 Å². The number of methoxy groups -OCH3 is 2. The maximum absolute atomic E-state index is 13.5. The molecule has 3 aromatic rings. The van der Waals surface area contributed by atoms with Crippen LogP contribution in [0, 0.1) is 6.92 Å². The van der Waals surface area contributed by atoms with E-state index in [2.05, 4.69) is 10.3 Å². The summed E-state index contributed by atoms with van der Waals surface area (Å²) < 4.78 is 10.8. The second-order valence-corrected chi connectivity index (χ2v) is 8.54. The SMILES string of the molecule is COc1ccc(C2C(C(=O)Nc3ncc(C)s3)c3ccccc3C(=O)N2C)cc1OC. The summed E-state index contributed by atoms with van der Waals surface area (Å²) in [7, 11) is 4.84. The van der Waals surface area contributed by atoms with Crippen molar-refractivity contribution >= 4 is 28.3 Å². The molecule has 0 aliphatic carbocycles. The summed E-state index contributed by atoms with van der Waals surface area (Å²) >= 11 is 1.41. The number of thiazole rings is 1. The fourth-order valence-corrected chi connectivity index (χ4v) is 4.67. The zero-order valence-corrected chi connectivity index (χ0v) is 18.5. The van der Waals surface area contributed by atoms with Crippen molar-refractivity contribution in [2.75, 3.05) is 26.6 Å². The van der Waals surface area contributed by atoms with Crippen molar-refractivity contribution in [2.24, 2.45) is 0 Å². The smallest absolute Gasteiger partial charge is 0.254 e. The molecule has 0 saturated carbocycles. The van der Waals surface area contributed by atoms with E-state index >= 15 is 0 Å². The van der Waals surface area contributed by atoms with Crippen LogP contribution in [0.1, 0.15) is 38.3 Å². The summed E-state index contributed by atoms with van der Waals surface area (Å²) in [5, 5.41) is 3.47. The monoisotopic (exact) mass is 437 g/mol. The van der Waals surface area contributed by atoms with Crippen LogP contribution in [0.3, 0.4) is 0 Å². The number of carbonyl (C=O) groups is 2. The van der Waals surface area contributed by atoms with Gasteiger partial charge >= 0.3 is 0 Å². The van der Waals surface area contributed by atoms with Crippen molar-refractivity contribution in [3.63, 3.8) is 0 Å². The molecule has 1 aromatic heterocycles. The lowest BCUT2D eigenvalue weighted by atomic mass is 9.79. The van der Waals surface area contributed by atoms with E-state index in [4.69, 9.17) is 9.47 Å². The van der Waals surface area contributed by atoms with Crippen molar-refractivity contribution in [2.45, 2.75) is 18.9 Å². The second-order valence-electron chi connectivity index (χ2n) is 7.31. The molecule has 2 unspecified atom stereocenters. The zero-order chi connectivity index (χ0) is 22.1. The number of carbonyl (C=O) groups excluding carboxylic acids is 2. The highest BCUT2D eigenvalue weighted by Crippen LogP contribution is 2.44. The van der Waals surface area contributed by atoms with Crippen LogP contribution in [-0.2, 0) is 4.79 Å². The molecule has 1 aliphatic rings. The number of fused-ring (bicyclic) bond motifs is 1. The van der Waals surface area contributed by atoms with E-state index in [-0.39, 0.29) is 11.8 Å². The van der Waals surface area contributed by atoms with Crippen molar-refractivity contribution in [1.29, 1.82) is 0 Å². The Hall–Kier alpha value is -3.39. The van der Waals surface area contributed by atoms with Crippen LogP contribution in [0.2, 0.25) is 0 Å². The molecule has 0 fully saturated rings. The molecule has 2 heterocycles. The summed E-state index contributed by atoms with van der Waals surface area (Å²) in [6, 6.07) is 12.2. The first kappa shape index (κ1) is 20.9. The zero-order valence-electron chi connectivity index (χ0n) is 17.7. The van der Waals surface area contributed by atoms with E-state index in [1.54, 1.807) is 50.6 Å². The standard InChI is InChI=1S/C23H23N3O4S/c1-13-12-24-23(31-13)25-21(27)19-15-7-5-6-8-16(15)22(28)26(2)20(19)14-9-10-17(29-3)18(11-14)30-4/h5-12,19-20H,1-4H3,(H,24,25,27). The van der Waals surface area contributed by atoms with Gasteiger partial charge in [-0.25, -0.2) is 4.98 Å². The van der Waals surface area contributed by atoms with Gasteiger partial charge < -0.3 is 19.7 Å². The van der Waals surface area contributed by atoms with Gasteiger partial charge in [-0.15, -0.1) is 11.3 Å². The molecular formula is C23H23N3O4S. The minimum atomic E-state index is -0.624. The second kappa shape index (κ2) is 8.39. The van der Waals surface area contributed by atoms with Gasteiger partial charge in [0.1, 0.15) is 0 Å². The molecule has 160 valence electrons. The summed E-state index contributed by atoms with van der Waals surface area (Å²) in [6.07, 6.45) is 1.72. The number of amides is 2. The summed E-state index contributed by atoms with van der Waals surface area (Å²) in [5.74, 6) is 0.136. The van der Waals surface area contributed by atoms with E-state index in [0.29, 0.717) is 27.8 Å². The average molecular weight is 438 g/mol. The summed E-state index contributed by atoms with van der Waals surface area (Å²) in [4.78, 5) is 33.5. The highest BCUT2D eigenvalue weighted by atomic mass is 32.1. The molecule has 0 bridgehead atoms. The van der Waals surface area contributed by atoms with E-state index < -0.39 is 12.0 Å². The first-order valence-corrected chi connectivity index (χ1v) is 10.6. The number of aromatic nitrogens is 1. The van der Waals surface area contributed by atoms with Gasteiger partial charge in [0.2, 0.25) is 5.91 Å². The molecule has 1 N–H and O–H groups in total. The van der Waals surface area contributed by atoms with E-state index in [9.17, 15) is 9.59 Å². The minimum absolute atomic E-state index is 0.135. The first-order valence-electron chi connectivity index (χ1n) is 9.76. The Labute approximate surface area is 184 Å². The van der Waals surface area contributed by atoms with Crippen LogP contribution < -0.4 is 14.8 Å². The number of nitrogens with zero attached hydrogens (tertiary/aromatic N) is 2. The molecule has 2 atom stereocenters. The van der Waals surface area contributed by atoms with E-state index in [1.165, 1.54) is 11.3 Å². The predicted octanol–water partition coefficient (Wildman–Crippen LogP) is 4.02. The molecule has 4 rings (SSSR count). The highest BCUT2D eigenvalue weighted by molar-refractivity contribution is 7.15. The van der Waals surface area contributed by atoms with Crippen molar-refractivity contribution < 1.29 is 19.1 Å². The summed E-state index contributed by atoms with van der Waals surface area (Å²) in [5.41, 5.74) is 1.99. The number of benzene rings is 2. The number of hydrogen-bond donors (Lipinski definition) is 1.